The van der Waals surface area contributed by atoms with Gasteiger partial charge in [-0.05, 0) is 68.0 Å². The van der Waals surface area contributed by atoms with E-state index in [9.17, 15) is 0 Å². The van der Waals surface area contributed by atoms with Crippen molar-refractivity contribution >= 4 is 41.3 Å². The lowest BCUT2D eigenvalue weighted by Gasteiger charge is -2.41. The van der Waals surface area contributed by atoms with Crippen LogP contribution >= 0.6 is 35.3 Å². The number of likely N-dealkylation sites (tertiary alicyclic amines) is 1. The first-order valence-corrected chi connectivity index (χ1v) is 10.8. The smallest absolute Gasteiger partial charge is 0.191 e. The van der Waals surface area contributed by atoms with Crippen molar-refractivity contribution in [1.82, 2.24) is 15.5 Å². The summed E-state index contributed by atoms with van der Waals surface area (Å²) in [5.74, 6) is 1.75. The van der Waals surface area contributed by atoms with Crippen molar-refractivity contribution < 1.29 is 0 Å². The van der Waals surface area contributed by atoms with Crippen molar-refractivity contribution in [2.45, 2.75) is 52.0 Å². The van der Waals surface area contributed by atoms with Crippen LogP contribution in [0.15, 0.2) is 22.5 Å². The molecule has 26 heavy (non-hydrogen) atoms. The normalized spacial score (nSPS) is 20.9. The summed E-state index contributed by atoms with van der Waals surface area (Å²) in [5, 5.41) is 9.32. The third-order valence-corrected chi connectivity index (χ3v) is 7.10. The molecule has 3 rings (SSSR count). The fourth-order valence-electron chi connectivity index (χ4n) is 4.04. The minimum atomic E-state index is 0. The fourth-order valence-corrected chi connectivity index (χ4v) is 4.78. The van der Waals surface area contributed by atoms with E-state index in [2.05, 4.69) is 45.0 Å². The van der Waals surface area contributed by atoms with Crippen LogP contribution in [0.2, 0.25) is 0 Å². The zero-order chi connectivity index (χ0) is 17.5. The minimum Gasteiger partial charge on any atom is -0.356 e. The lowest BCUT2D eigenvalue weighted by atomic mass is 9.67. The average Bonchev–Trinajstić information content (AvgIpc) is 3.11. The van der Waals surface area contributed by atoms with Gasteiger partial charge < -0.3 is 10.6 Å². The Hall–Kier alpha value is -0.340. The lowest BCUT2D eigenvalue weighted by Crippen LogP contribution is -2.47. The zero-order valence-corrected chi connectivity index (χ0v) is 19.4. The second-order valence-corrected chi connectivity index (χ2v) is 8.84. The Morgan fingerprint density at radius 2 is 2.08 bits per heavy atom. The summed E-state index contributed by atoms with van der Waals surface area (Å²) in [6.45, 7) is 8.00. The van der Waals surface area contributed by atoms with E-state index in [0.29, 0.717) is 5.41 Å². The van der Waals surface area contributed by atoms with Gasteiger partial charge in [-0.2, -0.15) is 0 Å². The Labute approximate surface area is 180 Å². The quantitative estimate of drug-likeness (QED) is 0.340. The molecule has 0 amide bonds. The standard InChI is InChI=1S/C20H34N4S.HI/c1-3-20(9-5-10-20)16-23-19(21-2)22-14-17-7-11-24(12-8-17)15-18-6-4-13-25-18;/h4,6,13,17H,3,5,7-12,14-16H2,1-2H3,(H2,21,22,23);1H. The molecule has 0 spiro atoms. The SMILES string of the molecule is CCC1(CNC(=NC)NCC2CCN(Cc3cccs3)CC2)CCC1.I. The van der Waals surface area contributed by atoms with Crippen LogP contribution in [0.4, 0.5) is 0 Å². The summed E-state index contributed by atoms with van der Waals surface area (Å²) in [7, 11) is 1.89. The maximum atomic E-state index is 4.42. The zero-order valence-electron chi connectivity index (χ0n) is 16.3. The number of hydrogen-bond donors (Lipinski definition) is 2. The van der Waals surface area contributed by atoms with Gasteiger partial charge in [0.2, 0.25) is 0 Å². The molecular weight excluding hydrogens is 455 g/mol. The van der Waals surface area contributed by atoms with E-state index in [1.807, 2.05) is 18.4 Å². The second kappa shape index (κ2) is 10.9. The molecule has 1 saturated carbocycles. The minimum absolute atomic E-state index is 0. The second-order valence-electron chi connectivity index (χ2n) is 7.81. The van der Waals surface area contributed by atoms with Crippen molar-refractivity contribution in [3.8, 4) is 0 Å². The molecule has 148 valence electrons. The summed E-state index contributed by atoms with van der Waals surface area (Å²) in [6.07, 6.45) is 7.99. The summed E-state index contributed by atoms with van der Waals surface area (Å²) in [4.78, 5) is 8.50. The van der Waals surface area contributed by atoms with Gasteiger partial charge >= 0.3 is 0 Å². The Bertz CT molecular complexity index is 529. The van der Waals surface area contributed by atoms with E-state index in [4.69, 9.17) is 0 Å². The molecule has 4 nitrogen and oxygen atoms in total. The van der Waals surface area contributed by atoms with Crippen molar-refractivity contribution in [3.63, 3.8) is 0 Å². The number of halogens is 1. The van der Waals surface area contributed by atoms with Gasteiger partial charge in [0.25, 0.3) is 0 Å². The molecule has 2 N–H and O–H groups in total. The number of hydrogen-bond acceptors (Lipinski definition) is 3. The van der Waals surface area contributed by atoms with Gasteiger partial charge in [0.05, 0.1) is 0 Å². The average molecular weight is 490 g/mol. The van der Waals surface area contributed by atoms with Crippen LogP contribution in [0.5, 0.6) is 0 Å². The van der Waals surface area contributed by atoms with Crippen molar-refractivity contribution in [3.05, 3.63) is 22.4 Å². The van der Waals surface area contributed by atoms with Gasteiger partial charge in [-0.1, -0.05) is 19.4 Å². The Kier molecular flexibility index (Phi) is 9.17. The molecule has 0 atom stereocenters. The third-order valence-electron chi connectivity index (χ3n) is 6.24. The van der Waals surface area contributed by atoms with E-state index in [-0.39, 0.29) is 24.0 Å². The highest BCUT2D eigenvalue weighted by atomic mass is 127. The van der Waals surface area contributed by atoms with Gasteiger partial charge in [-0.25, -0.2) is 0 Å². The van der Waals surface area contributed by atoms with Crippen molar-refractivity contribution in [2.24, 2.45) is 16.3 Å². The largest absolute Gasteiger partial charge is 0.356 e. The van der Waals surface area contributed by atoms with E-state index in [1.165, 1.54) is 56.5 Å². The van der Waals surface area contributed by atoms with Gasteiger partial charge in [0.15, 0.2) is 5.96 Å². The predicted molar refractivity (Wildman–Crippen MR) is 124 cm³/mol. The van der Waals surface area contributed by atoms with E-state index in [1.54, 1.807) is 0 Å². The van der Waals surface area contributed by atoms with Crippen molar-refractivity contribution in [2.75, 3.05) is 33.2 Å². The first kappa shape index (κ1) is 22.0. The summed E-state index contributed by atoms with van der Waals surface area (Å²) >= 11 is 1.87. The molecule has 0 bridgehead atoms. The molecule has 1 saturated heterocycles. The van der Waals surface area contributed by atoms with E-state index in [0.717, 1.165) is 31.5 Å². The van der Waals surface area contributed by atoms with Gasteiger partial charge in [0, 0.05) is 31.6 Å². The molecule has 6 heteroatoms. The number of nitrogens with one attached hydrogen (secondary N) is 2. The fraction of sp³-hybridized carbons (Fsp3) is 0.750. The molecule has 1 aliphatic heterocycles. The Morgan fingerprint density at radius 3 is 2.62 bits per heavy atom. The van der Waals surface area contributed by atoms with Gasteiger partial charge in [-0.15, -0.1) is 35.3 Å². The van der Waals surface area contributed by atoms with Crippen LogP contribution < -0.4 is 10.6 Å². The van der Waals surface area contributed by atoms with Crippen LogP contribution in [-0.4, -0.2) is 44.1 Å². The number of piperidine rings is 1. The highest BCUT2D eigenvalue weighted by molar-refractivity contribution is 14.0. The molecule has 2 aliphatic rings. The highest BCUT2D eigenvalue weighted by Gasteiger charge is 2.34. The molecule has 2 fully saturated rings. The predicted octanol–water partition coefficient (Wildman–Crippen LogP) is 4.32. The third kappa shape index (κ3) is 6.09. The number of rotatable bonds is 7. The molecule has 1 aromatic heterocycles. The topological polar surface area (TPSA) is 39.7 Å². The van der Waals surface area contributed by atoms with Crippen LogP contribution in [-0.2, 0) is 6.54 Å². The van der Waals surface area contributed by atoms with Crippen LogP contribution in [0, 0.1) is 11.3 Å². The summed E-state index contributed by atoms with van der Waals surface area (Å²) in [5.41, 5.74) is 0.532. The molecule has 0 aromatic carbocycles. The van der Waals surface area contributed by atoms with Crippen LogP contribution in [0.1, 0.15) is 50.3 Å². The van der Waals surface area contributed by atoms with Gasteiger partial charge in [0.1, 0.15) is 0 Å². The Balaban J connectivity index is 0.00000243. The maximum Gasteiger partial charge on any atom is 0.191 e. The number of nitrogens with zero attached hydrogens (tertiary/aromatic N) is 2. The highest BCUT2D eigenvalue weighted by Crippen LogP contribution is 2.42. The van der Waals surface area contributed by atoms with Gasteiger partial charge in [-0.3, -0.25) is 9.89 Å². The molecule has 0 radical (unpaired) electrons. The number of thiophene rings is 1. The molecular formula is C20H35IN4S. The Morgan fingerprint density at radius 1 is 1.31 bits per heavy atom. The maximum absolute atomic E-state index is 4.42. The van der Waals surface area contributed by atoms with Crippen molar-refractivity contribution in [1.29, 1.82) is 0 Å². The first-order valence-electron chi connectivity index (χ1n) is 9.92. The lowest BCUT2D eigenvalue weighted by molar-refractivity contribution is 0.131. The summed E-state index contributed by atoms with van der Waals surface area (Å²) < 4.78 is 0. The molecule has 1 aromatic rings. The number of aliphatic imine (C=N–C) groups is 1. The monoisotopic (exact) mass is 490 g/mol. The molecule has 1 aliphatic carbocycles. The molecule has 2 heterocycles. The molecule has 0 unspecified atom stereocenters. The van der Waals surface area contributed by atoms with Crippen LogP contribution in [0.25, 0.3) is 0 Å². The number of guanidine groups is 1. The van der Waals surface area contributed by atoms with E-state index < -0.39 is 0 Å². The van der Waals surface area contributed by atoms with E-state index >= 15 is 0 Å². The van der Waals surface area contributed by atoms with Crippen LogP contribution in [0.3, 0.4) is 0 Å². The summed E-state index contributed by atoms with van der Waals surface area (Å²) in [6, 6.07) is 4.40. The first-order chi connectivity index (χ1) is 12.2.